The van der Waals surface area contributed by atoms with Gasteiger partial charge in [-0.15, -0.1) is 0 Å². The molecule has 2 aromatic carbocycles. The molecule has 0 saturated heterocycles. The SMILES string of the molecule is Cc1ccc(O)c2cc(Br)ccc12. The van der Waals surface area contributed by atoms with Crippen molar-refractivity contribution in [1.82, 2.24) is 0 Å². The zero-order valence-electron chi connectivity index (χ0n) is 7.21. The van der Waals surface area contributed by atoms with Crippen LogP contribution in [0.15, 0.2) is 34.8 Å². The van der Waals surface area contributed by atoms with E-state index >= 15 is 0 Å². The van der Waals surface area contributed by atoms with Crippen LogP contribution >= 0.6 is 15.9 Å². The lowest BCUT2D eigenvalue weighted by Crippen LogP contribution is -1.78. The van der Waals surface area contributed by atoms with Crippen LogP contribution in [0.4, 0.5) is 0 Å². The van der Waals surface area contributed by atoms with Crippen LogP contribution in [0.1, 0.15) is 5.56 Å². The molecule has 0 radical (unpaired) electrons. The maximum absolute atomic E-state index is 9.60. The zero-order valence-corrected chi connectivity index (χ0v) is 8.80. The molecule has 0 saturated carbocycles. The van der Waals surface area contributed by atoms with Gasteiger partial charge < -0.3 is 5.11 Å². The first-order valence-electron chi connectivity index (χ1n) is 4.06. The standard InChI is InChI=1S/C11H9BrO/c1-7-2-5-11(13)10-6-8(12)3-4-9(7)10/h2-6,13H,1H3. The Morgan fingerprint density at radius 2 is 1.85 bits per heavy atom. The van der Waals surface area contributed by atoms with Crippen molar-refractivity contribution >= 4 is 26.7 Å². The summed E-state index contributed by atoms with van der Waals surface area (Å²) in [6, 6.07) is 9.57. The van der Waals surface area contributed by atoms with Crippen molar-refractivity contribution in [3.05, 3.63) is 40.4 Å². The molecule has 0 spiro atoms. The van der Waals surface area contributed by atoms with Gasteiger partial charge in [0.15, 0.2) is 0 Å². The van der Waals surface area contributed by atoms with E-state index in [0.29, 0.717) is 5.75 Å². The number of phenols is 1. The molecular formula is C11H9BrO. The average molecular weight is 237 g/mol. The van der Waals surface area contributed by atoms with Crippen LogP contribution in [-0.4, -0.2) is 5.11 Å². The number of hydrogen-bond acceptors (Lipinski definition) is 1. The predicted molar refractivity (Wildman–Crippen MR) is 58.0 cm³/mol. The van der Waals surface area contributed by atoms with Crippen molar-refractivity contribution < 1.29 is 5.11 Å². The van der Waals surface area contributed by atoms with Crippen LogP contribution < -0.4 is 0 Å². The van der Waals surface area contributed by atoms with E-state index in [1.807, 2.05) is 31.2 Å². The smallest absolute Gasteiger partial charge is 0.123 e. The summed E-state index contributed by atoms with van der Waals surface area (Å²) in [4.78, 5) is 0. The summed E-state index contributed by atoms with van der Waals surface area (Å²) in [5.41, 5.74) is 1.18. The van der Waals surface area contributed by atoms with E-state index in [1.165, 1.54) is 5.56 Å². The van der Waals surface area contributed by atoms with E-state index in [9.17, 15) is 5.11 Å². The molecule has 0 aromatic heterocycles. The fourth-order valence-electron chi connectivity index (χ4n) is 1.46. The molecular weight excluding hydrogens is 228 g/mol. The second-order valence-electron chi connectivity index (χ2n) is 3.09. The molecule has 66 valence electrons. The molecule has 0 bridgehead atoms. The lowest BCUT2D eigenvalue weighted by atomic mass is 10.1. The molecule has 0 aliphatic rings. The lowest BCUT2D eigenvalue weighted by molar-refractivity contribution is 0.481. The third-order valence-corrected chi connectivity index (χ3v) is 2.67. The van der Waals surface area contributed by atoms with Crippen molar-refractivity contribution in [2.75, 3.05) is 0 Å². The highest BCUT2D eigenvalue weighted by Gasteiger charge is 2.01. The number of hydrogen-bond donors (Lipinski definition) is 1. The van der Waals surface area contributed by atoms with Gasteiger partial charge in [-0.05, 0) is 36.1 Å². The summed E-state index contributed by atoms with van der Waals surface area (Å²) in [6.45, 7) is 2.04. The molecule has 2 aromatic rings. The summed E-state index contributed by atoms with van der Waals surface area (Å²) in [7, 11) is 0. The van der Waals surface area contributed by atoms with Crippen LogP contribution in [0, 0.1) is 6.92 Å². The van der Waals surface area contributed by atoms with Crippen LogP contribution in [0.5, 0.6) is 5.75 Å². The molecule has 2 rings (SSSR count). The average Bonchev–Trinajstić information content (AvgIpc) is 2.12. The summed E-state index contributed by atoms with van der Waals surface area (Å²) >= 11 is 3.38. The second kappa shape index (κ2) is 3.04. The predicted octanol–water partition coefficient (Wildman–Crippen LogP) is 3.62. The van der Waals surface area contributed by atoms with E-state index in [1.54, 1.807) is 6.07 Å². The molecule has 0 fully saturated rings. The molecule has 0 aliphatic carbocycles. The quantitative estimate of drug-likeness (QED) is 0.741. The Morgan fingerprint density at radius 1 is 1.08 bits per heavy atom. The Morgan fingerprint density at radius 3 is 2.62 bits per heavy atom. The minimum Gasteiger partial charge on any atom is -0.507 e. The van der Waals surface area contributed by atoms with Crippen molar-refractivity contribution in [1.29, 1.82) is 0 Å². The minimum atomic E-state index is 0.335. The van der Waals surface area contributed by atoms with E-state index in [-0.39, 0.29) is 0 Å². The summed E-state index contributed by atoms with van der Waals surface area (Å²) in [5.74, 6) is 0.335. The highest BCUT2D eigenvalue weighted by Crippen LogP contribution is 2.29. The molecule has 0 aliphatic heterocycles. The first kappa shape index (κ1) is 8.57. The normalized spacial score (nSPS) is 10.6. The summed E-state index contributed by atoms with van der Waals surface area (Å²) in [6.07, 6.45) is 0. The van der Waals surface area contributed by atoms with Gasteiger partial charge in [-0.3, -0.25) is 0 Å². The number of aryl methyl sites for hydroxylation is 1. The molecule has 13 heavy (non-hydrogen) atoms. The van der Waals surface area contributed by atoms with Gasteiger partial charge in [0, 0.05) is 9.86 Å². The van der Waals surface area contributed by atoms with Crippen molar-refractivity contribution in [3.63, 3.8) is 0 Å². The highest BCUT2D eigenvalue weighted by molar-refractivity contribution is 9.10. The minimum absolute atomic E-state index is 0.335. The molecule has 2 heteroatoms. The Kier molecular flexibility index (Phi) is 2.00. The summed E-state index contributed by atoms with van der Waals surface area (Å²) in [5, 5.41) is 11.6. The zero-order chi connectivity index (χ0) is 9.42. The first-order valence-corrected chi connectivity index (χ1v) is 4.85. The Hall–Kier alpha value is -1.02. The Labute approximate surface area is 85.1 Å². The van der Waals surface area contributed by atoms with Gasteiger partial charge in [0.25, 0.3) is 0 Å². The van der Waals surface area contributed by atoms with Crippen LogP contribution in [0.25, 0.3) is 10.8 Å². The van der Waals surface area contributed by atoms with Crippen molar-refractivity contribution in [2.45, 2.75) is 6.92 Å². The molecule has 0 amide bonds. The summed E-state index contributed by atoms with van der Waals surface area (Å²) < 4.78 is 0.987. The van der Waals surface area contributed by atoms with E-state index < -0.39 is 0 Å². The van der Waals surface area contributed by atoms with Crippen molar-refractivity contribution in [2.24, 2.45) is 0 Å². The lowest BCUT2D eigenvalue weighted by Gasteiger charge is -2.04. The Balaban J connectivity index is 2.92. The molecule has 0 atom stereocenters. The number of aromatic hydroxyl groups is 1. The number of rotatable bonds is 0. The van der Waals surface area contributed by atoms with Gasteiger partial charge in [-0.25, -0.2) is 0 Å². The van der Waals surface area contributed by atoms with Gasteiger partial charge >= 0.3 is 0 Å². The third kappa shape index (κ3) is 1.42. The van der Waals surface area contributed by atoms with Gasteiger partial charge in [0.1, 0.15) is 5.75 Å². The number of phenolic OH excluding ortho intramolecular Hbond substituents is 1. The molecule has 1 nitrogen and oxygen atoms in total. The van der Waals surface area contributed by atoms with E-state index in [2.05, 4.69) is 15.9 Å². The number of benzene rings is 2. The maximum Gasteiger partial charge on any atom is 0.123 e. The van der Waals surface area contributed by atoms with Gasteiger partial charge in [0.05, 0.1) is 0 Å². The molecule has 0 unspecified atom stereocenters. The highest BCUT2D eigenvalue weighted by atomic mass is 79.9. The van der Waals surface area contributed by atoms with Gasteiger partial charge in [0.2, 0.25) is 0 Å². The fraction of sp³-hybridized carbons (Fsp3) is 0.0909. The third-order valence-electron chi connectivity index (χ3n) is 2.17. The largest absolute Gasteiger partial charge is 0.507 e. The van der Waals surface area contributed by atoms with Gasteiger partial charge in [-0.1, -0.05) is 28.1 Å². The van der Waals surface area contributed by atoms with Gasteiger partial charge in [-0.2, -0.15) is 0 Å². The Bertz CT molecular complexity index is 463. The number of fused-ring (bicyclic) bond motifs is 1. The monoisotopic (exact) mass is 236 g/mol. The topological polar surface area (TPSA) is 20.2 Å². The van der Waals surface area contributed by atoms with E-state index in [0.717, 1.165) is 15.2 Å². The van der Waals surface area contributed by atoms with Crippen molar-refractivity contribution in [3.8, 4) is 5.75 Å². The molecule has 1 N–H and O–H groups in total. The van der Waals surface area contributed by atoms with E-state index in [4.69, 9.17) is 0 Å². The first-order chi connectivity index (χ1) is 6.18. The molecule has 0 heterocycles. The fourth-order valence-corrected chi connectivity index (χ4v) is 1.82. The van der Waals surface area contributed by atoms with Crippen LogP contribution in [0.2, 0.25) is 0 Å². The van der Waals surface area contributed by atoms with Crippen LogP contribution in [0.3, 0.4) is 0 Å². The maximum atomic E-state index is 9.60. The number of halogens is 1. The van der Waals surface area contributed by atoms with Crippen LogP contribution in [-0.2, 0) is 0 Å². The second-order valence-corrected chi connectivity index (χ2v) is 4.01.